The minimum Gasteiger partial charge on any atom is -0.360 e. The second-order valence-electron chi connectivity index (χ2n) is 9.20. The molecule has 1 N–H and O–H groups in total. The zero-order chi connectivity index (χ0) is 21.7. The first-order chi connectivity index (χ1) is 15.6. The minimum absolute atomic E-state index is 0.0519. The van der Waals surface area contributed by atoms with E-state index in [1.165, 1.54) is 0 Å². The number of likely N-dealkylation sites (tertiary alicyclic amines) is 1. The van der Waals surface area contributed by atoms with Crippen molar-refractivity contribution >= 4 is 11.9 Å². The summed E-state index contributed by atoms with van der Waals surface area (Å²) in [7, 11) is 0. The number of aryl methyl sites for hydroxylation is 1. The Bertz CT molecular complexity index is 1140. The van der Waals surface area contributed by atoms with Gasteiger partial charge in [0.2, 0.25) is 5.95 Å². The van der Waals surface area contributed by atoms with Crippen LogP contribution in [0.25, 0.3) is 11.3 Å². The lowest BCUT2D eigenvalue weighted by molar-refractivity contribution is 0.0701. The van der Waals surface area contributed by atoms with Crippen molar-refractivity contribution in [1.82, 2.24) is 25.2 Å². The predicted octanol–water partition coefficient (Wildman–Crippen LogP) is 3.90. The van der Waals surface area contributed by atoms with Crippen LogP contribution in [0.2, 0.25) is 0 Å². The van der Waals surface area contributed by atoms with Gasteiger partial charge in [-0.3, -0.25) is 4.79 Å². The summed E-state index contributed by atoms with van der Waals surface area (Å²) in [6, 6.07) is 4.21. The summed E-state index contributed by atoms with van der Waals surface area (Å²) in [4.78, 5) is 24.2. The highest BCUT2D eigenvalue weighted by atomic mass is 16.5. The molecule has 3 fully saturated rings. The van der Waals surface area contributed by atoms with Crippen LogP contribution in [-0.4, -0.2) is 50.2 Å². The van der Waals surface area contributed by atoms with Crippen molar-refractivity contribution in [3.05, 3.63) is 41.2 Å². The van der Waals surface area contributed by atoms with E-state index in [0.717, 1.165) is 61.2 Å². The van der Waals surface area contributed by atoms with E-state index in [1.54, 1.807) is 0 Å². The molecule has 4 heterocycles. The molecule has 0 spiro atoms. The van der Waals surface area contributed by atoms with Crippen molar-refractivity contribution in [2.75, 3.05) is 18.4 Å². The number of aromatic nitrogens is 4. The molecular weight excluding hydrogens is 408 g/mol. The van der Waals surface area contributed by atoms with Gasteiger partial charge in [0.15, 0.2) is 11.5 Å². The normalized spacial score (nSPS) is 19.3. The van der Waals surface area contributed by atoms with E-state index in [9.17, 15) is 4.79 Å². The Morgan fingerprint density at radius 2 is 1.84 bits per heavy atom. The molecule has 0 aromatic carbocycles. The lowest BCUT2D eigenvalue weighted by atomic mass is 9.90. The maximum absolute atomic E-state index is 12.9. The Balaban J connectivity index is 1.20. The summed E-state index contributed by atoms with van der Waals surface area (Å²) in [5.74, 6) is 2.79. The van der Waals surface area contributed by atoms with Crippen LogP contribution < -0.4 is 5.32 Å². The molecule has 1 amide bonds. The third-order valence-electron chi connectivity index (χ3n) is 6.52. The number of nitrogens with zero attached hydrogens (tertiary/aromatic N) is 5. The van der Waals surface area contributed by atoms with Gasteiger partial charge in [0.05, 0.1) is 17.0 Å². The van der Waals surface area contributed by atoms with Crippen LogP contribution in [0.5, 0.6) is 0 Å². The first kappa shape index (κ1) is 19.5. The number of nitrogens with one attached hydrogen (secondary N) is 1. The van der Waals surface area contributed by atoms with Crippen LogP contribution in [-0.2, 0) is 0 Å². The fourth-order valence-electron chi connectivity index (χ4n) is 4.33. The standard InChI is InChI=1S/C23H26N6O3/c1-13-10-20(32-27-13)17-12-24-23(25-16-4-5-16)26-21(17)15-6-8-29(9-7-15)22(30)18-11-19(31-28-18)14-2-3-14/h10-12,14-16H,2-9H2,1H3,(H,24,25,26). The van der Waals surface area contributed by atoms with Gasteiger partial charge in [0.25, 0.3) is 5.91 Å². The van der Waals surface area contributed by atoms with Crippen LogP contribution in [0.4, 0.5) is 5.95 Å². The number of hydrogen-bond donors (Lipinski definition) is 1. The van der Waals surface area contributed by atoms with E-state index >= 15 is 0 Å². The fourth-order valence-corrected chi connectivity index (χ4v) is 4.33. The molecule has 3 aromatic heterocycles. The molecule has 1 saturated heterocycles. The Kier molecular flexibility index (Phi) is 4.69. The lowest BCUT2D eigenvalue weighted by Crippen LogP contribution is -2.38. The molecule has 0 atom stereocenters. The number of carbonyl (C=O) groups excluding carboxylic acids is 1. The Morgan fingerprint density at radius 3 is 2.53 bits per heavy atom. The number of carbonyl (C=O) groups is 1. The van der Waals surface area contributed by atoms with Crippen LogP contribution in [0.15, 0.2) is 27.4 Å². The second kappa shape index (κ2) is 7.72. The summed E-state index contributed by atoms with van der Waals surface area (Å²) in [5.41, 5.74) is 3.08. The Morgan fingerprint density at radius 1 is 1.03 bits per heavy atom. The molecule has 0 bridgehead atoms. The van der Waals surface area contributed by atoms with Gasteiger partial charge in [-0.15, -0.1) is 0 Å². The van der Waals surface area contributed by atoms with Crippen molar-refractivity contribution < 1.29 is 13.8 Å². The van der Waals surface area contributed by atoms with Gasteiger partial charge in [-0.25, -0.2) is 9.97 Å². The summed E-state index contributed by atoms with van der Waals surface area (Å²) < 4.78 is 10.9. The number of rotatable bonds is 6. The van der Waals surface area contributed by atoms with Gasteiger partial charge in [0.1, 0.15) is 5.76 Å². The van der Waals surface area contributed by atoms with Gasteiger partial charge in [0, 0.05) is 49.3 Å². The van der Waals surface area contributed by atoms with E-state index in [2.05, 4.69) is 20.6 Å². The van der Waals surface area contributed by atoms with E-state index in [-0.39, 0.29) is 11.8 Å². The van der Waals surface area contributed by atoms with E-state index in [1.807, 2.05) is 30.2 Å². The third kappa shape index (κ3) is 3.87. The van der Waals surface area contributed by atoms with Crippen molar-refractivity contribution in [1.29, 1.82) is 0 Å². The topological polar surface area (TPSA) is 110 Å². The van der Waals surface area contributed by atoms with Crippen LogP contribution >= 0.6 is 0 Å². The van der Waals surface area contributed by atoms with Crippen molar-refractivity contribution in [3.8, 4) is 11.3 Å². The lowest BCUT2D eigenvalue weighted by Gasteiger charge is -2.31. The zero-order valence-electron chi connectivity index (χ0n) is 18.1. The summed E-state index contributed by atoms with van der Waals surface area (Å²) in [5, 5.41) is 11.4. The molecule has 1 aliphatic heterocycles. The largest absolute Gasteiger partial charge is 0.360 e. The van der Waals surface area contributed by atoms with Crippen molar-refractivity contribution in [2.45, 2.75) is 63.3 Å². The van der Waals surface area contributed by atoms with Crippen LogP contribution in [0.3, 0.4) is 0 Å². The number of anilines is 1. The molecule has 6 rings (SSSR count). The molecule has 3 aliphatic rings. The quantitative estimate of drug-likeness (QED) is 0.622. The van der Waals surface area contributed by atoms with Gasteiger partial charge in [-0.1, -0.05) is 10.3 Å². The highest BCUT2D eigenvalue weighted by Crippen LogP contribution is 2.40. The molecule has 32 heavy (non-hydrogen) atoms. The second-order valence-corrected chi connectivity index (χ2v) is 9.20. The Hall–Kier alpha value is -3.23. The fraction of sp³-hybridized carbons (Fsp3) is 0.522. The van der Waals surface area contributed by atoms with Crippen molar-refractivity contribution in [3.63, 3.8) is 0 Å². The van der Waals surface area contributed by atoms with Crippen molar-refractivity contribution in [2.24, 2.45) is 0 Å². The smallest absolute Gasteiger partial charge is 0.276 e. The molecule has 9 nitrogen and oxygen atoms in total. The van der Waals surface area contributed by atoms with Crippen LogP contribution in [0, 0.1) is 6.92 Å². The molecule has 0 radical (unpaired) electrons. The van der Waals surface area contributed by atoms with E-state index < -0.39 is 0 Å². The first-order valence-corrected chi connectivity index (χ1v) is 11.5. The van der Waals surface area contributed by atoms with Gasteiger partial charge in [-0.2, -0.15) is 0 Å². The molecule has 2 aliphatic carbocycles. The van der Waals surface area contributed by atoms with Gasteiger partial charge in [-0.05, 0) is 45.4 Å². The molecule has 2 saturated carbocycles. The molecular formula is C23H26N6O3. The minimum atomic E-state index is -0.0519. The Labute approximate surface area is 185 Å². The molecule has 166 valence electrons. The highest BCUT2D eigenvalue weighted by molar-refractivity contribution is 5.92. The maximum Gasteiger partial charge on any atom is 0.276 e. The average molecular weight is 435 g/mol. The molecule has 3 aromatic rings. The average Bonchev–Trinajstić information content (AvgIpc) is 3.74. The van der Waals surface area contributed by atoms with Gasteiger partial charge >= 0.3 is 0 Å². The SMILES string of the molecule is Cc1cc(-c2cnc(NC3CC3)nc2C2CCN(C(=O)c3cc(C4CC4)on3)CC2)on1. The summed E-state index contributed by atoms with van der Waals surface area (Å²) >= 11 is 0. The number of amides is 1. The summed E-state index contributed by atoms with van der Waals surface area (Å²) in [6.07, 6.45) is 8.03. The van der Waals surface area contributed by atoms with E-state index in [4.69, 9.17) is 14.0 Å². The summed E-state index contributed by atoms with van der Waals surface area (Å²) in [6.45, 7) is 3.21. The maximum atomic E-state index is 12.9. The predicted molar refractivity (Wildman–Crippen MR) is 115 cm³/mol. The monoisotopic (exact) mass is 434 g/mol. The highest BCUT2D eigenvalue weighted by Gasteiger charge is 2.32. The molecule has 9 heteroatoms. The van der Waals surface area contributed by atoms with Gasteiger partial charge < -0.3 is 19.3 Å². The number of hydrogen-bond acceptors (Lipinski definition) is 8. The zero-order valence-corrected chi connectivity index (χ0v) is 18.1. The third-order valence-corrected chi connectivity index (χ3v) is 6.52. The first-order valence-electron chi connectivity index (χ1n) is 11.5. The van der Waals surface area contributed by atoms with E-state index in [0.29, 0.717) is 42.5 Å². The van der Waals surface area contributed by atoms with Crippen LogP contribution in [0.1, 0.15) is 78.0 Å². The number of piperidine rings is 1. The molecule has 0 unspecified atom stereocenters.